The van der Waals surface area contributed by atoms with Crippen molar-refractivity contribution in [3.05, 3.63) is 36.4 Å². The fourth-order valence-electron chi connectivity index (χ4n) is 1.01. The van der Waals surface area contributed by atoms with Crippen molar-refractivity contribution in [2.75, 3.05) is 11.1 Å². The van der Waals surface area contributed by atoms with E-state index in [0.717, 1.165) is 0 Å². The molecule has 0 bridgehead atoms. The van der Waals surface area contributed by atoms with E-state index in [1.165, 1.54) is 30.7 Å². The molecule has 7 nitrogen and oxygen atoms in total. The molecule has 2 heterocycles. The lowest BCUT2D eigenvalue weighted by Gasteiger charge is -2.01. The van der Waals surface area contributed by atoms with Crippen LogP contribution in [0.15, 0.2) is 30.7 Å². The molecule has 0 aliphatic carbocycles. The Morgan fingerprint density at radius 1 is 1.25 bits per heavy atom. The average molecular weight is 216 g/mol. The van der Waals surface area contributed by atoms with Crippen LogP contribution in [0.2, 0.25) is 0 Å². The first-order chi connectivity index (χ1) is 7.75. The van der Waals surface area contributed by atoms with Crippen LogP contribution >= 0.6 is 0 Å². The molecule has 0 atom stereocenters. The second-order valence-corrected chi connectivity index (χ2v) is 2.89. The van der Waals surface area contributed by atoms with Crippen molar-refractivity contribution in [3.63, 3.8) is 0 Å². The largest absolute Gasteiger partial charge is 0.382 e. The predicted octanol–water partition coefficient (Wildman–Crippen LogP) is 0.101. The lowest BCUT2D eigenvalue weighted by Crippen LogP contribution is -2.15. The molecule has 0 aliphatic heterocycles. The molecule has 1 amide bonds. The third-order valence-corrected chi connectivity index (χ3v) is 1.72. The van der Waals surface area contributed by atoms with Crippen LogP contribution in [0.5, 0.6) is 0 Å². The van der Waals surface area contributed by atoms with E-state index in [9.17, 15) is 4.79 Å². The summed E-state index contributed by atoms with van der Waals surface area (Å²) >= 11 is 0. The summed E-state index contributed by atoms with van der Waals surface area (Å²) in [6.45, 7) is 0. The van der Waals surface area contributed by atoms with Gasteiger partial charge in [-0.25, -0.2) is 4.98 Å². The normalized spacial score (nSPS) is 9.75. The molecule has 0 aliphatic rings. The van der Waals surface area contributed by atoms with Crippen molar-refractivity contribution in [2.24, 2.45) is 0 Å². The molecule has 7 heteroatoms. The minimum atomic E-state index is -0.409. The molecule has 2 aromatic heterocycles. The van der Waals surface area contributed by atoms with Crippen LogP contribution in [-0.2, 0) is 0 Å². The van der Waals surface area contributed by atoms with E-state index in [2.05, 4.69) is 25.5 Å². The summed E-state index contributed by atoms with van der Waals surface area (Å²) in [6, 6.07) is 2.98. The van der Waals surface area contributed by atoms with E-state index in [4.69, 9.17) is 5.73 Å². The van der Waals surface area contributed by atoms with Gasteiger partial charge in [-0.3, -0.25) is 9.78 Å². The number of carbonyl (C=O) groups is 1. The number of aromatic nitrogens is 4. The molecule has 3 N–H and O–H groups in total. The fraction of sp³-hybridized carbons (Fsp3) is 0. The highest BCUT2D eigenvalue weighted by atomic mass is 16.2. The Balaban J connectivity index is 2.12. The maximum Gasteiger partial charge on any atom is 0.277 e. The molecule has 0 aromatic carbocycles. The van der Waals surface area contributed by atoms with Crippen LogP contribution < -0.4 is 11.1 Å². The number of hydrogen-bond donors (Lipinski definition) is 2. The number of nitrogens with one attached hydrogen (secondary N) is 1. The molecule has 0 saturated heterocycles. The van der Waals surface area contributed by atoms with Gasteiger partial charge in [0, 0.05) is 12.4 Å². The van der Waals surface area contributed by atoms with Gasteiger partial charge in [-0.1, -0.05) is 0 Å². The Kier molecular flexibility index (Phi) is 2.68. The molecule has 80 valence electrons. The molecule has 0 fully saturated rings. The van der Waals surface area contributed by atoms with E-state index < -0.39 is 5.91 Å². The Hall–Kier alpha value is -2.57. The number of amides is 1. The van der Waals surface area contributed by atoms with E-state index in [0.29, 0.717) is 5.82 Å². The molecule has 16 heavy (non-hydrogen) atoms. The second-order valence-electron chi connectivity index (χ2n) is 2.89. The number of nitrogens with zero attached hydrogens (tertiary/aromatic N) is 4. The highest BCUT2D eigenvalue weighted by molar-refractivity contribution is 6.02. The molecule has 0 spiro atoms. The number of anilines is 2. The Bertz CT molecular complexity index is 483. The third kappa shape index (κ3) is 2.27. The van der Waals surface area contributed by atoms with Crippen molar-refractivity contribution in [3.8, 4) is 0 Å². The van der Waals surface area contributed by atoms with Crippen molar-refractivity contribution < 1.29 is 4.79 Å². The number of nitrogen functional groups attached to an aromatic ring is 1. The fourth-order valence-corrected chi connectivity index (χ4v) is 1.01. The predicted molar refractivity (Wildman–Crippen MR) is 56.4 cm³/mol. The number of hydrogen-bond acceptors (Lipinski definition) is 6. The molecular weight excluding hydrogens is 208 g/mol. The van der Waals surface area contributed by atoms with E-state index >= 15 is 0 Å². The molecule has 0 radical (unpaired) electrons. The highest BCUT2D eigenvalue weighted by Crippen LogP contribution is 2.02. The van der Waals surface area contributed by atoms with Crippen molar-refractivity contribution in [2.45, 2.75) is 0 Å². The number of rotatable bonds is 2. The maximum atomic E-state index is 11.6. The van der Waals surface area contributed by atoms with Gasteiger partial charge in [0.05, 0.1) is 6.20 Å². The monoisotopic (exact) mass is 216 g/mol. The second kappa shape index (κ2) is 4.30. The van der Waals surface area contributed by atoms with Crippen LogP contribution in [0.4, 0.5) is 11.6 Å². The summed E-state index contributed by atoms with van der Waals surface area (Å²) in [5.74, 6) is 0.204. The molecule has 2 rings (SSSR count). The summed E-state index contributed by atoms with van der Waals surface area (Å²) in [4.78, 5) is 19.3. The van der Waals surface area contributed by atoms with E-state index in [-0.39, 0.29) is 11.5 Å². The molecule has 0 unspecified atom stereocenters. The summed E-state index contributed by atoms with van der Waals surface area (Å²) in [5, 5.41) is 9.73. The first kappa shape index (κ1) is 9.97. The number of carbonyl (C=O) groups excluding carboxylic acids is 1. The van der Waals surface area contributed by atoms with Gasteiger partial charge in [0.1, 0.15) is 5.82 Å². The Morgan fingerprint density at radius 3 is 2.75 bits per heavy atom. The quantitative estimate of drug-likeness (QED) is 0.737. The Morgan fingerprint density at radius 2 is 2.12 bits per heavy atom. The van der Waals surface area contributed by atoms with Crippen molar-refractivity contribution in [1.82, 2.24) is 20.2 Å². The van der Waals surface area contributed by atoms with Crippen LogP contribution in [0.3, 0.4) is 0 Å². The minimum absolute atomic E-state index is 0.167. The smallest absolute Gasteiger partial charge is 0.277 e. The first-order valence-electron chi connectivity index (χ1n) is 4.42. The van der Waals surface area contributed by atoms with Gasteiger partial charge in [0.25, 0.3) is 5.91 Å². The van der Waals surface area contributed by atoms with Gasteiger partial charge < -0.3 is 11.1 Å². The van der Waals surface area contributed by atoms with Gasteiger partial charge >= 0.3 is 0 Å². The van der Waals surface area contributed by atoms with Crippen LogP contribution in [0.25, 0.3) is 0 Å². The SMILES string of the molecule is Nc1ccc(C(=O)Nc2cnccn2)nn1. The van der Waals surface area contributed by atoms with Gasteiger partial charge in [-0.15, -0.1) is 10.2 Å². The zero-order valence-corrected chi connectivity index (χ0v) is 8.16. The van der Waals surface area contributed by atoms with Crippen LogP contribution in [-0.4, -0.2) is 26.1 Å². The van der Waals surface area contributed by atoms with E-state index in [1.807, 2.05) is 0 Å². The molecule has 0 saturated carbocycles. The molecular formula is C9H8N6O. The van der Waals surface area contributed by atoms with Crippen LogP contribution in [0.1, 0.15) is 10.5 Å². The molecule has 2 aromatic rings. The standard InChI is InChI=1S/C9H8N6O/c10-7-2-1-6(14-15-7)9(16)13-8-5-11-3-4-12-8/h1-5H,(H2,10,15)(H,12,13,16). The third-order valence-electron chi connectivity index (χ3n) is 1.72. The lowest BCUT2D eigenvalue weighted by molar-refractivity contribution is 0.102. The van der Waals surface area contributed by atoms with Gasteiger partial charge in [-0.05, 0) is 12.1 Å². The van der Waals surface area contributed by atoms with E-state index in [1.54, 1.807) is 0 Å². The average Bonchev–Trinajstić information content (AvgIpc) is 2.31. The summed E-state index contributed by atoms with van der Waals surface area (Å²) < 4.78 is 0. The van der Waals surface area contributed by atoms with Crippen LogP contribution in [0, 0.1) is 0 Å². The number of nitrogens with two attached hydrogens (primary N) is 1. The maximum absolute atomic E-state index is 11.6. The lowest BCUT2D eigenvalue weighted by atomic mass is 10.3. The zero-order valence-electron chi connectivity index (χ0n) is 8.16. The summed E-state index contributed by atoms with van der Waals surface area (Å²) in [7, 11) is 0. The van der Waals surface area contributed by atoms with Gasteiger partial charge in [0.15, 0.2) is 11.5 Å². The van der Waals surface area contributed by atoms with Gasteiger partial charge in [0.2, 0.25) is 0 Å². The summed E-state index contributed by atoms with van der Waals surface area (Å²) in [6.07, 6.45) is 4.42. The van der Waals surface area contributed by atoms with Crippen molar-refractivity contribution >= 4 is 17.5 Å². The topological polar surface area (TPSA) is 107 Å². The highest BCUT2D eigenvalue weighted by Gasteiger charge is 2.08. The van der Waals surface area contributed by atoms with Crippen molar-refractivity contribution in [1.29, 1.82) is 0 Å². The zero-order chi connectivity index (χ0) is 11.4. The Labute approximate surface area is 90.8 Å². The summed E-state index contributed by atoms with van der Waals surface area (Å²) in [5.41, 5.74) is 5.52. The first-order valence-corrected chi connectivity index (χ1v) is 4.42. The van der Waals surface area contributed by atoms with Gasteiger partial charge in [-0.2, -0.15) is 0 Å². The minimum Gasteiger partial charge on any atom is -0.382 e.